The van der Waals surface area contributed by atoms with E-state index < -0.39 is 0 Å². The summed E-state index contributed by atoms with van der Waals surface area (Å²) in [6, 6.07) is 15.1. The van der Waals surface area contributed by atoms with Crippen molar-refractivity contribution >= 4 is 47.2 Å². The van der Waals surface area contributed by atoms with E-state index in [1.54, 1.807) is 4.90 Å². The molecule has 5 nitrogen and oxygen atoms in total. The normalized spacial score (nSPS) is 16.1. The second kappa shape index (κ2) is 13.9. The van der Waals surface area contributed by atoms with E-state index in [0.717, 1.165) is 56.6 Å². The number of likely N-dealkylation sites (N-methyl/N-ethyl adjacent to an activating group) is 1. The predicted molar refractivity (Wildman–Crippen MR) is 143 cm³/mol. The van der Waals surface area contributed by atoms with Crippen LogP contribution in [0.4, 0.5) is 0 Å². The number of amides is 1. The highest BCUT2D eigenvalue weighted by Crippen LogP contribution is 2.30. The van der Waals surface area contributed by atoms with Gasteiger partial charge in [-0.1, -0.05) is 59.5 Å². The summed E-state index contributed by atoms with van der Waals surface area (Å²) in [7, 11) is 1.85. The van der Waals surface area contributed by atoms with Crippen LogP contribution < -0.4 is 0 Å². The highest BCUT2D eigenvalue weighted by atomic mass is 35.5. The van der Waals surface area contributed by atoms with Gasteiger partial charge in [0, 0.05) is 31.0 Å². The molecule has 0 aliphatic carbocycles. The molecule has 1 aliphatic heterocycles. The van der Waals surface area contributed by atoms with E-state index >= 15 is 0 Å². The number of hydrogen-bond acceptors (Lipinski definition) is 4. The summed E-state index contributed by atoms with van der Waals surface area (Å²) in [5.74, 6) is 0.522. The Labute approximate surface area is 219 Å². The summed E-state index contributed by atoms with van der Waals surface area (Å²) >= 11 is 12.5. The Balaban J connectivity index is 0.00000408. The van der Waals surface area contributed by atoms with Crippen LogP contribution >= 0.6 is 35.6 Å². The SMILES string of the molecule is CC/C(=N/O)C1CCN(CCC(CN(C)C(=O)c2ccccc2)c2ccc(Cl)c(Cl)c2)CC1.Cl. The number of benzene rings is 2. The molecule has 2 aromatic rings. The van der Waals surface area contributed by atoms with Crippen molar-refractivity contribution in [2.75, 3.05) is 33.2 Å². The molecular formula is C26H34Cl3N3O2. The first kappa shape index (κ1) is 28.4. The van der Waals surface area contributed by atoms with Gasteiger partial charge in [0.25, 0.3) is 5.91 Å². The third-order valence-corrected chi connectivity index (χ3v) is 7.36. The van der Waals surface area contributed by atoms with Gasteiger partial charge in [0.2, 0.25) is 0 Å². The van der Waals surface area contributed by atoms with Crippen LogP contribution in [0.3, 0.4) is 0 Å². The van der Waals surface area contributed by atoms with Crippen LogP contribution in [0, 0.1) is 5.92 Å². The molecule has 186 valence electrons. The van der Waals surface area contributed by atoms with Crippen LogP contribution in [0.5, 0.6) is 0 Å². The molecule has 0 bridgehead atoms. The van der Waals surface area contributed by atoms with E-state index in [-0.39, 0.29) is 24.2 Å². The average Bonchev–Trinajstić information content (AvgIpc) is 2.85. The van der Waals surface area contributed by atoms with Gasteiger partial charge in [-0.05, 0) is 75.1 Å². The lowest BCUT2D eigenvalue weighted by atomic mass is 9.89. The molecule has 0 saturated carbocycles. The first-order valence-corrected chi connectivity index (χ1v) is 12.4. The molecule has 1 unspecified atom stereocenters. The van der Waals surface area contributed by atoms with Gasteiger partial charge >= 0.3 is 0 Å². The largest absolute Gasteiger partial charge is 0.411 e. The van der Waals surface area contributed by atoms with Gasteiger partial charge in [-0.25, -0.2) is 0 Å². The van der Waals surface area contributed by atoms with E-state index in [4.69, 9.17) is 23.2 Å². The molecule has 2 aromatic carbocycles. The summed E-state index contributed by atoms with van der Waals surface area (Å²) in [5, 5.41) is 13.8. The standard InChI is InChI=1S/C26H33Cl2N3O2.ClH/c1-3-25(29-33)19-11-14-31(15-12-19)16-13-22(21-9-10-23(27)24(28)17-21)18-30(2)26(32)20-7-5-4-6-8-20;/h4-10,17,19,22,33H,3,11-16,18H2,1-2H3;1H/b29-25-;. The van der Waals surface area contributed by atoms with Gasteiger partial charge in [-0.3, -0.25) is 4.79 Å². The maximum absolute atomic E-state index is 12.9. The molecule has 1 saturated heterocycles. The van der Waals surface area contributed by atoms with Gasteiger partial charge in [-0.15, -0.1) is 12.4 Å². The second-order valence-electron chi connectivity index (χ2n) is 8.77. The number of likely N-dealkylation sites (tertiary alicyclic amines) is 1. The Morgan fingerprint density at radius 2 is 1.82 bits per heavy atom. The van der Waals surface area contributed by atoms with Crippen LogP contribution in [0.2, 0.25) is 10.0 Å². The Morgan fingerprint density at radius 3 is 2.41 bits per heavy atom. The Morgan fingerprint density at radius 1 is 1.15 bits per heavy atom. The molecule has 1 heterocycles. The van der Waals surface area contributed by atoms with Gasteiger partial charge in [0.1, 0.15) is 0 Å². The van der Waals surface area contributed by atoms with Gasteiger partial charge in [0.15, 0.2) is 0 Å². The molecular weight excluding hydrogens is 493 g/mol. The zero-order chi connectivity index (χ0) is 23.8. The fourth-order valence-electron chi connectivity index (χ4n) is 4.61. The minimum atomic E-state index is 0. The molecule has 8 heteroatoms. The predicted octanol–water partition coefficient (Wildman–Crippen LogP) is 6.61. The van der Waals surface area contributed by atoms with Crippen molar-refractivity contribution in [2.45, 2.75) is 38.5 Å². The van der Waals surface area contributed by atoms with Gasteiger partial charge < -0.3 is 15.0 Å². The van der Waals surface area contributed by atoms with Crippen molar-refractivity contribution in [2.24, 2.45) is 11.1 Å². The smallest absolute Gasteiger partial charge is 0.253 e. The number of halogens is 3. The maximum atomic E-state index is 12.9. The van der Waals surface area contributed by atoms with Crippen molar-refractivity contribution in [3.8, 4) is 0 Å². The topological polar surface area (TPSA) is 56.1 Å². The van der Waals surface area contributed by atoms with Crippen molar-refractivity contribution < 1.29 is 10.0 Å². The molecule has 0 aromatic heterocycles. The van der Waals surface area contributed by atoms with Gasteiger partial charge in [0.05, 0.1) is 15.8 Å². The van der Waals surface area contributed by atoms with Crippen LogP contribution in [-0.4, -0.2) is 59.9 Å². The van der Waals surface area contributed by atoms with Crippen molar-refractivity contribution in [3.63, 3.8) is 0 Å². The number of rotatable bonds is 9. The fraction of sp³-hybridized carbons (Fsp3) is 0.462. The summed E-state index contributed by atoms with van der Waals surface area (Å²) in [4.78, 5) is 17.2. The molecule has 0 radical (unpaired) electrons. The third kappa shape index (κ3) is 7.61. The van der Waals surface area contributed by atoms with Crippen molar-refractivity contribution in [3.05, 3.63) is 69.7 Å². The molecule has 0 spiro atoms. The number of oxime groups is 1. The zero-order valence-electron chi connectivity index (χ0n) is 19.8. The number of piperidine rings is 1. The molecule has 1 fully saturated rings. The van der Waals surface area contributed by atoms with E-state index in [9.17, 15) is 10.0 Å². The zero-order valence-corrected chi connectivity index (χ0v) is 22.1. The summed E-state index contributed by atoms with van der Waals surface area (Å²) < 4.78 is 0. The molecule has 3 rings (SSSR count). The maximum Gasteiger partial charge on any atom is 0.253 e. The second-order valence-corrected chi connectivity index (χ2v) is 9.59. The highest BCUT2D eigenvalue weighted by molar-refractivity contribution is 6.42. The number of carbonyl (C=O) groups is 1. The lowest BCUT2D eigenvalue weighted by Crippen LogP contribution is -2.38. The average molecular weight is 527 g/mol. The fourth-order valence-corrected chi connectivity index (χ4v) is 4.92. The summed E-state index contributed by atoms with van der Waals surface area (Å²) in [6.07, 6.45) is 3.72. The molecule has 1 atom stereocenters. The van der Waals surface area contributed by atoms with Crippen LogP contribution in [-0.2, 0) is 0 Å². The van der Waals surface area contributed by atoms with E-state index in [1.807, 2.05) is 62.5 Å². The quantitative estimate of drug-likeness (QED) is 0.227. The molecule has 1 aliphatic rings. The third-order valence-electron chi connectivity index (χ3n) is 6.62. The first-order valence-electron chi connectivity index (χ1n) is 11.6. The van der Waals surface area contributed by atoms with Gasteiger partial charge in [-0.2, -0.15) is 0 Å². The summed E-state index contributed by atoms with van der Waals surface area (Å²) in [5.41, 5.74) is 2.68. The van der Waals surface area contributed by atoms with Crippen LogP contribution in [0.1, 0.15) is 54.4 Å². The van der Waals surface area contributed by atoms with E-state index in [2.05, 4.69) is 10.1 Å². The van der Waals surface area contributed by atoms with Crippen molar-refractivity contribution in [1.82, 2.24) is 9.80 Å². The Hall–Kier alpha value is -1.79. The Bertz CT molecular complexity index is 948. The monoisotopic (exact) mass is 525 g/mol. The number of nitrogens with zero attached hydrogens (tertiary/aromatic N) is 3. The first-order chi connectivity index (χ1) is 15.9. The molecule has 34 heavy (non-hydrogen) atoms. The summed E-state index contributed by atoms with van der Waals surface area (Å²) in [6.45, 7) is 5.53. The minimum absolute atomic E-state index is 0. The van der Waals surface area contributed by atoms with Crippen LogP contribution in [0.15, 0.2) is 53.7 Å². The van der Waals surface area contributed by atoms with Crippen LogP contribution in [0.25, 0.3) is 0 Å². The number of carbonyl (C=O) groups excluding carboxylic acids is 1. The molecule has 1 amide bonds. The van der Waals surface area contributed by atoms with E-state index in [0.29, 0.717) is 28.1 Å². The van der Waals surface area contributed by atoms with Crippen molar-refractivity contribution in [1.29, 1.82) is 0 Å². The lowest BCUT2D eigenvalue weighted by Gasteiger charge is -2.33. The highest BCUT2D eigenvalue weighted by Gasteiger charge is 2.25. The Kier molecular flexibility index (Phi) is 11.7. The minimum Gasteiger partial charge on any atom is -0.411 e. The molecule has 1 N–H and O–H groups in total. The van der Waals surface area contributed by atoms with E-state index in [1.165, 1.54) is 0 Å². The lowest BCUT2D eigenvalue weighted by molar-refractivity contribution is 0.0781. The number of hydrogen-bond donors (Lipinski definition) is 1.